The van der Waals surface area contributed by atoms with Crippen LogP contribution in [0.4, 0.5) is 0 Å². The maximum absolute atomic E-state index is 11.4. The van der Waals surface area contributed by atoms with Crippen molar-refractivity contribution in [3.63, 3.8) is 0 Å². The average molecular weight is 288 g/mol. The lowest BCUT2D eigenvalue weighted by molar-refractivity contribution is -0.135. The van der Waals surface area contributed by atoms with Gasteiger partial charge in [-0.1, -0.05) is 11.2 Å². The van der Waals surface area contributed by atoms with Crippen LogP contribution in [0.3, 0.4) is 0 Å². The number of ether oxygens (including phenoxy) is 3. The molecular weight excluding hydrogens is 274 g/mol. The minimum absolute atomic E-state index is 0. The molecule has 0 aliphatic carbocycles. The maximum atomic E-state index is 11.4. The van der Waals surface area contributed by atoms with Crippen molar-refractivity contribution < 1.29 is 24.2 Å². The normalized spacial score (nSPS) is 12.8. The molecule has 1 heterocycles. The molecule has 19 heavy (non-hydrogen) atoms. The number of carbonyl (C=O) groups is 1. The highest BCUT2D eigenvalue weighted by atomic mass is 35.5. The molecule has 1 aromatic carbocycles. The highest BCUT2D eigenvalue weighted by molar-refractivity contribution is 6.36. The number of halogens is 1. The Bertz CT molecular complexity index is 489. The van der Waals surface area contributed by atoms with Crippen molar-refractivity contribution in [2.45, 2.75) is 13.3 Å². The van der Waals surface area contributed by atoms with Crippen LogP contribution in [0.25, 0.3) is 0 Å². The van der Waals surface area contributed by atoms with Crippen molar-refractivity contribution in [3.8, 4) is 11.5 Å². The van der Waals surface area contributed by atoms with E-state index in [2.05, 4.69) is 5.16 Å². The molecule has 0 bridgehead atoms. The van der Waals surface area contributed by atoms with E-state index >= 15 is 0 Å². The van der Waals surface area contributed by atoms with Crippen LogP contribution in [-0.4, -0.2) is 30.3 Å². The molecule has 0 aromatic heterocycles. The molecule has 104 valence electrons. The Balaban J connectivity index is 0.00000180. The Hall–Kier alpha value is -1.95. The van der Waals surface area contributed by atoms with Crippen LogP contribution in [0.1, 0.15) is 12.5 Å². The number of fused-ring (bicyclic) bond motifs is 1. The summed E-state index contributed by atoms with van der Waals surface area (Å²) in [5.41, 5.74) is 0.732. The fraction of sp³-hybridized carbons (Fsp3) is 0.333. The van der Waals surface area contributed by atoms with E-state index in [4.69, 9.17) is 19.4 Å². The van der Waals surface area contributed by atoms with Crippen molar-refractivity contribution in [3.05, 3.63) is 23.8 Å². The zero-order valence-electron chi connectivity index (χ0n) is 10.3. The monoisotopic (exact) mass is 287 g/mol. The third kappa shape index (κ3) is 3.51. The molecule has 0 amide bonds. The molecule has 0 spiro atoms. The van der Waals surface area contributed by atoms with Crippen molar-refractivity contribution in [1.82, 2.24) is 0 Å². The molecule has 1 aliphatic heterocycles. The van der Waals surface area contributed by atoms with Crippen molar-refractivity contribution in [2.75, 3.05) is 13.4 Å². The predicted molar refractivity (Wildman–Crippen MR) is 69.4 cm³/mol. The number of benzene rings is 1. The van der Waals surface area contributed by atoms with Gasteiger partial charge in [0.25, 0.3) is 0 Å². The summed E-state index contributed by atoms with van der Waals surface area (Å²) >= 11 is 0. The SMILES string of the molecule is CCOC(=O)/C(Cc1ccc2c(c1)OCO2)=N\O.Cl. The van der Waals surface area contributed by atoms with Crippen LogP contribution in [0, 0.1) is 0 Å². The van der Waals surface area contributed by atoms with Crippen molar-refractivity contribution in [1.29, 1.82) is 0 Å². The van der Waals surface area contributed by atoms with Gasteiger partial charge in [-0.15, -0.1) is 12.4 Å². The summed E-state index contributed by atoms with van der Waals surface area (Å²) in [4.78, 5) is 11.4. The Morgan fingerprint density at radius 2 is 2.16 bits per heavy atom. The lowest BCUT2D eigenvalue weighted by Gasteiger charge is -2.05. The third-order valence-electron chi connectivity index (χ3n) is 2.44. The topological polar surface area (TPSA) is 77.4 Å². The molecule has 1 aliphatic rings. The molecule has 0 radical (unpaired) electrons. The van der Waals surface area contributed by atoms with E-state index in [1.165, 1.54) is 0 Å². The van der Waals surface area contributed by atoms with Crippen LogP contribution in [-0.2, 0) is 16.0 Å². The van der Waals surface area contributed by atoms with Gasteiger partial charge < -0.3 is 19.4 Å². The van der Waals surface area contributed by atoms with Crippen LogP contribution < -0.4 is 9.47 Å². The molecule has 0 unspecified atom stereocenters. The molecule has 0 atom stereocenters. The second kappa shape index (κ2) is 6.84. The van der Waals surface area contributed by atoms with E-state index in [1.807, 2.05) is 0 Å². The molecule has 1 aromatic rings. The molecule has 7 heteroatoms. The van der Waals surface area contributed by atoms with Crippen LogP contribution in [0.2, 0.25) is 0 Å². The first-order chi connectivity index (χ1) is 8.74. The summed E-state index contributed by atoms with van der Waals surface area (Å²) in [5, 5.41) is 11.8. The van der Waals surface area contributed by atoms with Gasteiger partial charge >= 0.3 is 5.97 Å². The fourth-order valence-electron chi connectivity index (χ4n) is 1.61. The Labute approximate surface area is 116 Å². The van der Waals surface area contributed by atoms with E-state index in [0.29, 0.717) is 11.5 Å². The number of hydrogen-bond donors (Lipinski definition) is 1. The molecule has 1 N–H and O–H groups in total. The number of nitrogens with zero attached hydrogens (tertiary/aromatic N) is 1. The minimum atomic E-state index is -0.627. The second-order valence-electron chi connectivity index (χ2n) is 3.63. The summed E-state index contributed by atoms with van der Waals surface area (Å²) in [6.45, 7) is 2.12. The molecule has 2 rings (SSSR count). The van der Waals surface area contributed by atoms with Gasteiger partial charge in [0, 0.05) is 6.42 Å². The molecule has 0 saturated carbocycles. The smallest absolute Gasteiger partial charge is 0.356 e. The van der Waals surface area contributed by atoms with Gasteiger partial charge in [-0.3, -0.25) is 0 Å². The second-order valence-corrected chi connectivity index (χ2v) is 3.63. The molecular formula is C12H14ClNO5. The standard InChI is InChI=1S/C12H13NO5.ClH/c1-2-16-12(14)9(13-15)5-8-3-4-10-11(6-8)18-7-17-10;/h3-4,6,15H,2,5,7H2,1H3;1H/b13-9-;. The molecule has 0 saturated heterocycles. The lowest BCUT2D eigenvalue weighted by Crippen LogP contribution is -2.20. The Kier molecular flexibility index (Phi) is 5.44. The molecule has 6 nitrogen and oxygen atoms in total. The summed E-state index contributed by atoms with van der Waals surface area (Å²) in [7, 11) is 0. The summed E-state index contributed by atoms with van der Waals surface area (Å²) in [6.07, 6.45) is 0.173. The lowest BCUT2D eigenvalue weighted by atomic mass is 10.1. The number of rotatable bonds is 4. The maximum Gasteiger partial charge on any atom is 0.356 e. The first-order valence-corrected chi connectivity index (χ1v) is 5.51. The average Bonchev–Trinajstić information content (AvgIpc) is 2.83. The predicted octanol–water partition coefficient (Wildman–Crippen LogP) is 1.77. The largest absolute Gasteiger partial charge is 0.461 e. The summed E-state index contributed by atoms with van der Waals surface area (Å²) in [6, 6.07) is 5.27. The summed E-state index contributed by atoms with van der Waals surface area (Å²) < 4.78 is 15.2. The van der Waals surface area contributed by atoms with Gasteiger partial charge in [0.1, 0.15) is 0 Å². The van der Waals surface area contributed by atoms with Gasteiger partial charge in [-0.2, -0.15) is 0 Å². The first kappa shape index (κ1) is 15.1. The number of hydrogen-bond acceptors (Lipinski definition) is 6. The van der Waals surface area contributed by atoms with Gasteiger partial charge in [-0.25, -0.2) is 4.79 Å². The van der Waals surface area contributed by atoms with E-state index < -0.39 is 5.97 Å². The van der Waals surface area contributed by atoms with Crippen LogP contribution in [0.15, 0.2) is 23.4 Å². The Morgan fingerprint density at radius 3 is 2.84 bits per heavy atom. The first-order valence-electron chi connectivity index (χ1n) is 5.51. The third-order valence-corrected chi connectivity index (χ3v) is 2.44. The highest BCUT2D eigenvalue weighted by Gasteiger charge is 2.17. The fourth-order valence-corrected chi connectivity index (χ4v) is 1.61. The van der Waals surface area contributed by atoms with Crippen molar-refractivity contribution >= 4 is 24.1 Å². The van der Waals surface area contributed by atoms with Gasteiger partial charge in [0.05, 0.1) is 6.61 Å². The van der Waals surface area contributed by atoms with E-state index in [0.717, 1.165) is 5.56 Å². The minimum Gasteiger partial charge on any atom is -0.461 e. The zero-order valence-corrected chi connectivity index (χ0v) is 11.1. The van der Waals surface area contributed by atoms with Crippen LogP contribution >= 0.6 is 12.4 Å². The highest BCUT2D eigenvalue weighted by Crippen LogP contribution is 2.32. The quantitative estimate of drug-likeness (QED) is 0.395. The van der Waals surface area contributed by atoms with Gasteiger partial charge in [0.2, 0.25) is 6.79 Å². The number of oxime groups is 1. The van der Waals surface area contributed by atoms with E-state index in [1.54, 1.807) is 25.1 Å². The molecule has 0 fully saturated rings. The zero-order chi connectivity index (χ0) is 13.0. The summed E-state index contributed by atoms with van der Waals surface area (Å²) in [5.74, 6) is 0.656. The van der Waals surface area contributed by atoms with Crippen molar-refractivity contribution in [2.24, 2.45) is 5.16 Å². The van der Waals surface area contributed by atoms with Crippen LogP contribution in [0.5, 0.6) is 11.5 Å². The number of esters is 1. The van der Waals surface area contributed by atoms with Gasteiger partial charge in [-0.05, 0) is 24.6 Å². The number of carbonyl (C=O) groups excluding carboxylic acids is 1. The van der Waals surface area contributed by atoms with E-state index in [9.17, 15) is 4.79 Å². The Morgan fingerprint density at radius 1 is 1.42 bits per heavy atom. The van der Waals surface area contributed by atoms with E-state index in [-0.39, 0.29) is 37.9 Å². The van der Waals surface area contributed by atoms with Gasteiger partial charge in [0.15, 0.2) is 17.2 Å².